The predicted octanol–water partition coefficient (Wildman–Crippen LogP) is 5.37. The zero-order chi connectivity index (χ0) is 23.2. The summed E-state index contributed by atoms with van der Waals surface area (Å²) in [5.41, 5.74) is 4.51. The molecule has 1 saturated heterocycles. The van der Waals surface area contributed by atoms with E-state index in [2.05, 4.69) is 6.92 Å². The molecule has 9 heteroatoms. The molecule has 2 aromatic rings. The second-order valence-corrected chi connectivity index (χ2v) is 9.43. The lowest BCUT2D eigenvalue weighted by Gasteiger charge is -2.37. The van der Waals surface area contributed by atoms with Crippen LogP contribution in [0.5, 0.6) is 0 Å². The van der Waals surface area contributed by atoms with Gasteiger partial charge in [-0.2, -0.15) is 18.3 Å². The Labute approximate surface area is 186 Å². The van der Waals surface area contributed by atoms with Gasteiger partial charge in [0.25, 0.3) is 0 Å². The van der Waals surface area contributed by atoms with Gasteiger partial charge in [-0.25, -0.2) is 14.3 Å². The quantitative estimate of drug-likeness (QED) is 0.614. The highest BCUT2D eigenvalue weighted by atomic mass is 19.4. The fourth-order valence-electron chi connectivity index (χ4n) is 5.32. The maximum absolute atomic E-state index is 13.1. The van der Waals surface area contributed by atoms with Crippen LogP contribution in [0.2, 0.25) is 0 Å². The smallest absolute Gasteiger partial charge is 0.409 e. The Morgan fingerprint density at radius 3 is 2.47 bits per heavy atom. The topological polar surface area (TPSA) is 59.7 Å². The molecule has 0 N–H and O–H groups in total. The lowest BCUT2D eigenvalue weighted by molar-refractivity contribution is -0.182. The summed E-state index contributed by atoms with van der Waals surface area (Å²) in [6, 6.07) is 1.93. The predicted molar refractivity (Wildman–Crippen MR) is 114 cm³/mol. The van der Waals surface area contributed by atoms with Crippen molar-refractivity contribution in [3.05, 3.63) is 28.7 Å². The van der Waals surface area contributed by atoms with Crippen LogP contribution in [-0.4, -0.2) is 52.0 Å². The van der Waals surface area contributed by atoms with E-state index < -0.39 is 12.1 Å². The average molecular weight is 453 g/mol. The summed E-state index contributed by atoms with van der Waals surface area (Å²) < 4.78 is 46.0. The van der Waals surface area contributed by atoms with Crippen molar-refractivity contribution in [1.29, 1.82) is 0 Å². The molecule has 1 aliphatic heterocycles. The highest BCUT2D eigenvalue weighted by Gasteiger charge is 2.42. The number of fused-ring (bicyclic) bond motifs is 1. The molecular weight excluding hydrogens is 421 g/mol. The van der Waals surface area contributed by atoms with E-state index in [0.29, 0.717) is 31.8 Å². The fourth-order valence-corrected chi connectivity index (χ4v) is 5.32. The molecule has 0 bridgehead atoms. The monoisotopic (exact) mass is 452 g/mol. The van der Waals surface area contributed by atoms with E-state index in [1.807, 2.05) is 24.4 Å². The maximum atomic E-state index is 13.1. The molecule has 0 spiro atoms. The highest BCUT2D eigenvalue weighted by Crippen LogP contribution is 2.43. The normalized spacial score (nSPS) is 27.0. The molecule has 2 aromatic heterocycles. The summed E-state index contributed by atoms with van der Waals surface area (Å²) in [6.07, 6.45) is -2.33. The molecule has 0 aromatic carbocycles. The van der Waals surface area contributed by atoms with Gasteiger partial charge >= 0.3 is 12.3 Å². The standard InChI is InChI=1S/C23H31F3N4O2/c1-13-9-10-29(22(31)32-4)12-18(13)21-14(2)15(3)27-20-11-19(28-30(20)21)16-5-7-17(8-6-16)23(24,25)26/h11,13,16-18H,5-10,12H2,1-4H3/t13-,16?,17?,18+/m0/s1. The van der Waals surface area contributed by atoms with Gasteiger partial charge < -0.3 is 9.64 Å². The number of methoxy groups -OCH3 is 1. The minimum absolute atomic E-state index is 0.0131. The van der Waals surface area contributed by atoms with E-state index in [1.54, 1.807) is 4.90 Å². The van der Waals surface area contributed by atoms with E-state index >= 15 is 0 Å². The third-order valence-corrected chi connectivity index (χ3v) is 7.50. The van der Waals surface area contributed by atoms with Crippen molar-refractivity contribution >= 4 is 11.7 Å². The van der Waals surface area contributed by atoms with Crippen molar-refractivity contribution in [2.75, 3.05) is 20.2 Å². The molecule has 6 nitrogen and oxygen atoms in total. The first-order valence-corrected chi connectivity index (χ1v) is 11.4. The third-order valence-electron chi connectivity index (χ3n) is 7.50. The van der Waals surface area contributed by atoms with Crippen molar-refractivity contribution < 1.29 is 22.7 Å². The number of hydrogen-bond acceptors (Lipinski definition) is 4. The van der Waals surface area contributed by atoms with Crippen molar-refractivity contribution in [2.45, 2.75) is 70.9 Å². The van der Waals surface area contributed by atoms with Gasteiger partial charge in [0.1, 0.15) is 0 Å². The SMILES string of the molecule is COC(=O)N1CC[C@H](C)[C@H](c2c(C)c(C)nc3cc(C4CCC(C(F)(F)F)CC4)nn23)C1. The maximum Gasteiger partial charge on any atom is 0.409 e. The summed E-state index contributed by atoms with van der Waals surface area (Å²) in [7, 11) is 1.39. The minimum Gasteiger partial charge on any atom is -0.453 e. The molecule has 1 saturated carbocycles. The molecule has 0 radical (unpaired) electrons. The lowest BCUT2D eigenvalue weighted by Crippen LogP contribution is -2.42. The second-order valence-electron chi connectivity index (χ2n) is 9.43. The molecule has 176 valence electrons. The molecule has 4 rings (SSSR count). The van der Waals surface area contributed by atoms with Crippen LogP contribution in [0.3, 0.4) is 0 Å². The number of piperidine rings is 1. The highest BCUT2D eigenvalue weighted by molar-refractivity contribution is 5.67. The molecule has 32 heavy (non-hydrogen) atoms. The number of amides is 1. The van der Waals surface area contributed by atoms with E-state index in [-0.39, 0.29) is 30.8 Å². The summed E-state index contributed by atoms with van der Waals surface area (Å²) in [5.74, 6) is -0.782. The third kappa shape index (κ3) is 4.18. The van der Waals surface area contributed by atoms with Crippen molar-refractivity contribution in [3.63, 3.8) is 0 Å². The molecule has 2 aliphatic rings. The van der Waals surface area contributed by atoms with Crippen LogP contribution >= 0.6 is 0 Å². The molecule has 1 aliphatic carbocycles. The van der Waals surface area contributed by atoms with Crippen LogP contribution in [0.15, 0.2) is 6.07 Å². The number of hydrogen-bond donors (Lipinski definition) is 0. The van der Waals surface area contributed by atoms with Crippen LogP contribution < -0.4 is 0 Å². The summed E-state index contributed by atoms with van der Waals surface area (Å²) in [5, 5.41) is 4.86. The minimum atomic E-state index is -4.12. The Kier molecular flexibility index (Phi) is 6.11. The first-order valence-electron chi connectivity index (χ1n) is 11.4. The largest absolute Gasteiger partial charge is 0.453 e. The number of carbonyl (C=O) groups is 1. The van der Waals surface area contributed by atoms with Crippen LogP contribution in [0.1, 0.15) is 73.5 Å². The van der Waals surface area contributed by atoms with E-state index in [1.165, 1.54) is 7.11 Å². The number of aryl methyl sites for hydroxylation is 1. The van der Waals surface area contributed by atoms with Crippen molar-refractivity contribution in [2.24, 2.45) is 11.8 Å². The Balaban J connectivity index is 1.67. The number of nitrogens with zero attached hydrogens (tertiary/aromatic N) is 4. The summed E-state index contributed by atoms with van der Waals surface area (Å²) in [6.45, 7) is 7.37. The second kappa shape index (κ2) is 8.56. The van der Waals surface area contributed by atoms with Gasteiger partial charge in [0, 0.05) is 36.7 Å². The number of aromatic nitrogens is 3. The Bertz CT molecular complexity index is 995. The van der Waals surface area contributed by atoms with E-state index in [4.69, 9.17) is 14.8 Å². The summed E-state index contributed by atoms with van der Waals surface area (Å²) >= 11 is 0. The van der Waals surface area contributed by atoms with Crippen LogP contribution in [0.4, 0.5) is 18.0 Å². The van der Waals surface area contributed by atoms with Gasteiger partial charge in [0.2, 0.25) is 0 Å². The Morgan fingerprint density at radius 2 is 1.84 bits per heavy atom. The van der Waals surface area contributed by atoms with E-state index in [0.717, 1.165) is 34.7 Å². The average Bonchev–Trinajstić information content (AvgIpc) is 3.17. The van der Waals surface area contributed by atoms with Gasteiger partial charge in [-0.05, 0) is 57.4 Å². The number of alkyl halides is 3. The van der Waals surface area contributed by atoms with Gasteiger partial charge in [-0.3, -0.25) is 0 Å². The van der Waals surface area contributed by atoms with E-state index in [9.17, 15) is 18.0 Å². The van der Waals surface area contributed by atoms with Crippen LogP contribution in [0.25, 0.3) is 5.65 Å². The molecule has 1 amide bonds. The van der Waals surface area contributed by atoms with Gasteiger partial charge in [-0.15, -0.1) is 0 Å². The summed E-state index contributed by atoms with van der Waals surface area (Å²) in [4.78, 5) is 18.6. The molecule has 3 heterocycles. The van der Waals surface area contributed by atoms with Crippen LogP contribution in [-0.2, 0) is 4.74 Å². The number of carbonyl (C=O) groups excluding carboxylic acids is 1. The first kappa shape index (κ1) is 22.9. The number of rotatable bonds is 2. The molecule has 2 atom stereocenters. The van der Waals surface area contributed by atoms with Gasteiger partial charge in [0.05, 0.1) is 24.4 Å². The van der Waals surface area contributed by atoms with Gasteiger partial charge in [0.15, 0.2) is 5.65 Å². The Morgan fingerprint density at radius 1 is 1.16 bits per heavy atom. The number of likely N-dealkylation sites (tertiary alicyclic amines) is 1. The first-order chi connectivity index (χ1) is 15.1. The molecule has 0 unspecified atom stereocenters. The van der Waals surface area contributed by atoms with Crippen molar-refractivity contribution in [1.82, 2.24) is 19.5 Å². The number of ether oxygens (including phenoxy) is 1. The zero-order valence-corrected chi connectivity index (χ0v) is 19.1. The molecular formula is C23H31F3N4O2. The van der Waals surface area contributed by atoms with Crippen LogP contribution in [0, 0.1) is 25.7 Å². The van der Waals surface area contributed by atoms with Crippen molar-refractivity contribution in [3.8, 4) is 0 Å². The lowest BCUT2D eigenvalue weighted by atomic mass is 9.80. The zero-order valence-electron chi connectivity index (χ0n) is 19.1. The van der Waals surface area contributed by atoms with Gasteiger partial charge in [-0.1, -0.05) is 6.92 Å². The number of halogens is 3. The fraction of sp³-hybridized carbons (Fsp3) is 0.696. The Hall–Kier alpha value is -2.32. The molecule has 2 fully saturated rings.